The molecule has 9 heteroatoms. The maximum Gasteiger partial charge on any atom is 0.197 e. The molecule has 28 heavy (non-hydrogen) atoms. The molecule has 0 saturated carbocycles. The van der Waals surface area contributed by atoms with E-state index in [0.717, 1.165) is 32.4 Å². The van der Waals surface area contributed by atoms with E-state index in [1.54, 1.807) is 0 Å². The normalized spacial score (nSPS) is 12.8. The maximum absolute atomic E-state index is 14.3. The molecule has 2 aromatic carbocycles. The van der Waals surface area contributed by atoms with E-state index in [9.17, 15) is 8.78 Å². The molecule has 0 unspecified atom stereocenters. The van der Waals surface area contributed by atoms with Gasteiger partial charge in [0.25, 0.3) is 0 Å². The second-order valence-corrected chi connectivity index (χ2v) is 8.15. The largest absolute Gasteiger partial charge is 0.493 e. The summed E-state index contributed by atoms with van der Waals surface area (Å²) in [6.45, 7) is 0.544. The zero-order valence-corrected chi connectivity index (χ0v) is 16.6. The Morgan fingerprint density at radius 3 is 2.89 bits per heavy atom. The number of nitrogens with zero attached hydrogens (tertiary/aromatic N) is 4. The minimum Gasteiger partial charge on any atom is -0.493 e. The number of hydrogen-bond donors (Lipinski definition) is 0. The Bertz CT molecular complexity index is 1210. The number of hydrogen-bond acceptors (Lipinski definition) is 5. The maximum atomic E-state index is 14.3. The molecule has 5 nitrogen and oxygen atoms in total. The highest BCUT2D eigenvalue weighted by Crippen LogP contribution is 2.41. The molecule has 0 N–H and O–H groups in total. The molecule has 0 radical (unpaired) electrons. The van der Waals surface area contributed by atoms with Crippen molar-refractivity contribution in [2.45, 2.75) is 6.42 Å². The van der Waals surface area contributed by atoms with Crippen LogP contribution in [0.5, 0.6) is 5.75 Å². The Labute approximate surface area is 170 Å². The van der Waals surface area contributed by atoms with E-state index in [-0.39, 0.29) is 5.69 Å². The fourth-order valence-corrected chi connectivity index (χ4v) is 4.53. The molecule has 0 amide bonds. The molecule has 4 aromatic rings. The van der Waals surface area contributed by atoms with E-state index in [4.69, 9.17) is 9.72 Å². The van der Waals surface area contributed by atoms with Crippen molar-refractivity contribution >= 4 is 27.3 Å². The first-order chi connectivity index (χ1) is 13.6. The van der Waals surface area contributed by atoms with Crippen molar-refractivity contribution in [1.29, 1.82) is 0 Å². The number of ether oxygens (including phenoxy) is 1. The summed E-state index contributed by atoms with van der Waals surface area (Å²) in [5.74, 6) is -0.160. The summed E-state index contributed by atoms with van der Waals surface area (Å²) in [7, 11) is 0. The lowest BCUT2D eigenvalue weighted by molar-refractivity contribution is 0.327. The molecule has 140 valence electrons. The number of fused-ring (bicyclic) bond motifs is 3. The van der Waals surface area contributed by atoms with Crippen LogP contribution in [0.4, 0.5) is 8.78 Å². The zero-order chi connectivity index (χ0) is 19.3. The van der Waals surface area contributed by atoms with E-state index in [1.165, 1.54) is 34.4 Å². The lowest BCUT2D eigenvalue weighted by Gasteiger charge is -2.07. The molecular formula is C19H11BrF2N4OS. The monoisotopic (exact) mass is 460 g/mol. The number of rotatable bonds is 2. The Kier molecular flexibility index (Phi) is 4.21. The van der Waals surface area contributed by atoms with Crippen molar-refractivity contribution in [3.63, 3.8) is 0 Å². The standard InChI is InChI=1S/C19H11BrF2N4OS/c20-10-1-4-15-12(7-10)17-16(5-6-27-15)28-19(24-17)18-25-23-9-26(18)14-3-2-11(21)8-13(14)22/h1-4,7-9H,5-6H2. The quantitative estimate of drug-likeness (QED) is 0.420. The zero-order valence-electron chi connectivity index (χ0n) is 14.2. The molecule has 1 aliphatic rings. The minimum absolute atomic E-state index is 0.165. The highest BCUT2D eigenvalue weighted by Gasteiger charge is 2.24. The molecule has 0 atom stereocenters. The molecular weight excluding hydrogens is 450 g/mol. The summed E-state index contributed by atoms with van der Waals surface area (Å²) < 4.78 is 35.8. The third-order valence-corrected chi connectivity index (χ3v) is 5.99. The number of benzene rings is 2. The summed E-state index contributed by atoms with van der Waals surface area (Å²) in [4.78, 5) is 5.82. The van der Waals surface area contributed by atoms with Gasteiger partial charge in [0.05, 0.1) is 18.0 Å². The smallest absolute Gasteiger partial charge is 0.197 e. The van der Waals surface area contributed by atoms with Crippen molar-refractivity contribution in [3.8, 4) is 33.5 Å². The van der Waals surface area contributed by atoms with Crippen LogP contribution in [0.25, 0.3) is 27.8 Å². The van der Waals surface area contributed by atoms with E-state index in [2.05, 4.69) is 26.1 Å². The third-order valence-electron chi connectivity index (χ3n) is 4.39. The fourth-order valence-electron chi connectivity index (χ4n) is 3.13. The molecule has 3 heterocycles. The van der Waals surface area contributed by atoms with Crippen LogP contribution in [-0.2, 0) is 6.42 Å². The SMILES string of the molecule is Fc1ccc(-n2cnnc2-c2nc3c(s2)CCOc2ccc(Br)cc2-3)c(F)c1. The Morgan fingerprint density at radius 2 is 2.04 bits per heavy atom. The van der Waals surface area contributed by atoms with Gasteiger partial charge in [0.2, 0.25) is 0 Å². The molecule has 5 rings (SSSR count). The van der Waals surface area contributed by atoms with E-state index >= 15 is 0 Å². The number of halogens is 3. The molecule has 0 spiro atoms. The second-order valence-electron chi connectivity index (χ2n) is 6.15. The third kappa shape index (κ3) is 2.91. The molecule has 0 bridgehead atoms. The highest BCUT2D eigenvalue weighted by atomic mass is 79.9. The second kappa shape index (κ2) is 6.75. The minimum atomic E-state index is -0.693. The highest BCUT2D eigenvalue weighted by molar-refractivity contribution is 9.10. The van der Waals surface area contributed by atoms with Crippen LogP contribution in [0.1, 0.15) is 4.88 Å². The topological polar surface area (TPSA) is 52.8 Å². The van der Waals surface area contributed by atoms with E-state index in [0.29, 0.717) is 23.9 Å². The first kappa shape index (κ1) is 17.4. The lowest BCUT2D eigenvalue weighted by Crippen LogP contribution is -2.00. The Balaban J connectivity index is 1.65. The summed E-state index contributed by atoms with van der Waals surface area (Å²) in [6, 6.07) is 9.18. The van der Waals surface area contributed by atoms with Crippen molar-refractivity contribution in [2.75, 3.05) is 6.61 Å². The van der Waals surface area contributed by atoms with Crippen LogP contribution in [0, 0.1) is 11.6 Å². The van der Waals surface area contributed by atoms with Gasteiger partial charge in [0.15, 0.2) is 10.8 Å². The Hall–Kier alpha value is -2.65. The van der Waals surface area contributed by atoms with Crippen LogP contribution in [0.15, 0.2) is 47.2 Å². The number of thiazole rings is 1. The number of aromatic nitrogens is 4. The van der Waals surface area contributed by atoms with Gasteiger partial charge in [-0.2, -0.15) is 0 Å². The first-order valence-electron chi connectivity index (χ1n) is 8.38. The average molecular weight is 461 g/mol. The predicted molar refractivity (Wildman–Crippen MR) is 105 cm³/mol. The van der Waals surface area contributed by atoms with Crippen LogP contribution >= 0.6 is 27.3 Å². The van der Waals surface area contributed by atoms with Gasteiger partial charge in [-0.3, -0.25) is 4.57 Å². The molecule has 0 fully saturated rings. The van der Waals surface area contributed by atoms with Gasteiger partial charge >= 0.3 is 0 Å². The average Bonchev–Trinajstić information content (AvgIpc) is 3.27. The summed E-state index contributed by atoms with van der Waals surface area (Å²) in [6.07, 6.45) is 2.10. The lowest BCUT2D eigenvalue weighted by atomic mass is 10.1. The van der Waals surface area contributed by atoms with Crippen LogP contribution in [0.2, 0.25) is 0 Å². The van der Waals surface area contributed by atoms with Crippen molar-refractivity contribution in [1.82, 2.24) is 19.7 Å². The van der Waals surface area contributed by atoms with Gasteiger partial charge in [-0.25, -0.2) is 13.8 Å². The predicted octanol–water partition coefficient (Wildman–Crippen LogP) is 5.03. The van der Waals surface area contributed by atoms with E-state index in [1.807, 2.05) is 18.2 Å². The summed E-state index contributed by atoms with van der Waals surface area (Å²) in [5.41, 5.74) is 1.88. The van der Waals surface area contributed by atoms with Gasteiger partial charge < -0.3 is 4.74 Å². The molecule has 1 aliphatic heterocycles. The fraction of sp³-hybridized carbons (Fsp3) is 0.105. The van der Waals surface area contributed by atoms with E-state index < -0.39 is 11.6 Å². The first-order valence-corrected chi connectivity index (χ1v) is 9.99. The summed E-state index contributed by atoms with van der Waals surface area (Å²) >= 11 is 4.96. The van der Waals surface area contributed by atoms with Gasteiger partial charge in [0, 0.05) is 27.4 Å². The van der Waals surface area contributed by atoms with Gasteiger partial charge in [-0.1, -0.05) is 15.9 Å². The summed E-state index contributed by atoms with van der Waals surface area (Å²) in [5, 5.41) is 8.65. The van der Waals surface area contributed by atoms with Crippen LogP contribution < -0.4 is 4.74 Å². The molecule has 0 aliphatic carbocycles. The van der Waals surface area contributed by atoms with Crippen molar-refractivity contribution in [2.24, 2.45) is 0 Å². The van der Waals surface area contributed by atoms with Crippen molar-refractivity contribution in [3.05, 3.63) is 63.7 Å². The molecule has 0 saturated heterocycles. The van der Waals surface area contributed by atoms with Crippen LogP contribution in [-0.4, -0.2) is 26.4 Å². The van der Waals surface area contributed by atoms with Gasteiger partial charge in [-0.05, 0) is 30.3 Å². The van der Waals surface area contributed by atoms with Gasteiger partial charge in [-0.15, -0.1) is 21.5 Å². The molecule has 2 aromatic heterocycles. The Morgan fingerprint density at radius 1 is 1.14 bits per heavy atom. The van der Waals surface area contributed by atoms with Crippen molar-refractivity contribution < 1.29 is 13.5 Å². The van der Waals surface area contributed by atoms with Gasteiger partial charge in [0.1, 0.15) is 23.7 Å². The van der Waals surface area contributed by atoms with Crippen LogP contribution in [0.3, 0.4) is 0 Å².